The van der Waals surface area contributed by atoms with E-state index in [1.807, 2.05) is 0 Å². The smallest absolute Gasteiger partial charge is 0.335 e. The number of carboxylic acid groups (broad SMARTS) is 1. The van der Waals surface area contributed by atoms with E-state index in [9.17, 15) is 4.79 Å². The van der Waals surface area contributed by atoms with Crippen LogP contribution in [0.3, 0.4) is 0 Å². The molecule has 0 aromatic heterocycles. The van der Waals surface area contributed by atoms with Crippen LogP contribution in [0.1, 0.15) is 13.8 Å². The van der Waals surface area contributed by atoms with E-state index >= 15 is 0 Å². The molecule has 0 rings (SSSR count). The molecule has 60 valence electrons. The number of carbonyl (C=O) groups is 1. The Bertz CT molecular complexity index is 119. The lowest BCUT2D eigenvalue weighted by Gasteiger charge is -2.18. The molecule has 0 heterocycles. The van der Waals surface area contributed by atoms with E-state index in [0.717, 1.165) is 0 Å². The molecule has 0 atom stereocenters. The number of carboxylic acids is 1. The molecule has 0 saturated heterocycles. The predicted octanol–water partition coefficient (Wildman–Crippen LogP) is -0.142. The van der Waals surface area contributed by atoms with Crippen LogP contribution in [0.5, 0.6) is 0 Å². The normalized spacial score (nSPS) is 11.5. The van der Waals surface area contributed by atoms with Crippen molar-refractivity contribution in [1.29, 1.82) is 0 Å². The first-order valence-electron chi connectivity index (χ1n) is 2.99. The second kappa shape index (κ2) is 3.53. The van der Waals surface area contributed by atoms with Crippen LogP contribution in [-0.4, -0.2) is 35.0 Å². The van der Waals surface area contributed by atoms with E-state index in [0.29, 0.717) is 0 Å². The summed E-state index contributed by atoms with van der Waals surface area (Å²) in [5.74, 6) is -1.03. The molecule has 0 aliphatic carbocycles. The molecule has 0 aliphatic rings. The molecule has 4 nitrogen and oxygen atoms in total. The van der Waals surface area contributed by atoms with Crippen LogP contribution in [0, 0.1) is 0 Å². The number of aliphatic hydroxyl groups is 1. The minimum Gasteiger partial charge on any atom is -0.479 e. The van der Waals surface area contributed by atoms with Gasteiger partial charge in [0.1, 0.15) is 0 Å². The first-order valence-corrected chi connectivity index (χ1v) is 2.99. The lowest BCUT2D eigenvalue weighted by Crippen LogP contribution is -2.35. The van der Waals surface area contributed by atoms with Crippen LogP contribution in [-0.2, 0) is 9.53 Å². The summed E-state index contributed by atoms with van der Waals surface area (Å²) < 4.78 is 4.79. The molecule has 4 heteroatoms. The molecule has 2 N–H and O–H groups in total. The molecule has 0 spiro atoms. The second-order valence-corrected chi connectivity index (χ2v) is 2.39. The summed E-state index contributed by atoms with van der Waals surface area (Å²) in [5.41, 5.74) is -1.19. The highest BCUT2D eigenvalue weighted by Crippen LogP contribution is 2.07. The largest absolute Gasteiger partial charge is 0.479 e. The average Bonchev–Trinajstić information content (AvgIpc) is 1.84. The van der Waals surface area contributed by atoms with Gasteiger partial charge in [0.25, 0.3) is 0 Å². The number of aliphatic carboxylic acids is 1. The molecule has 0 fully saturated rings. The van der Waals surface area contributed by atoms with Gasteiger partial charge in [-0.25, -0.2) is 4.79 Å². The first-order chi connectivity index (χ1) is 4.50. The van der Waals surface area contributed by atoms with Gasteiger partial charge in [-0.3, -0.25) is 0 Å². The average molecular weight is 148 g/mol. The molecule has 0 radical (unpaired) electrons. The third-order valence-electron chi connectivity index (χ3n) is 1.07. The predicted molar refractivity (Wildman–Crippen MR) is 34.8 cm³/mol. The van der Waals surface area contributed by atoms with Crippen LogP contribution >= 0.6 is 0 Å². The highest BCUT2D eigenvalue weighted by molar-refractivity contribution is 5.76. The van der Waals surface area contributed by atoms with Crippen LogP contribution in [0.25, 0.3) is 0 Å². The third kappa shape index (κ3) is 2.80. The highest BCUT2D eigenvalue weighted by atomic mass is 16.5. The Kier molecular flexibility index (Phi) is 3.32. The Morgan fingerprint density at radius 3 is 2.40 bits per heavy atom. The lowest BCUT2D eigenvalue weighted by atomic mass is 10.1. The van der Waals surface area contributed by atoms with E-state index in [1.165, 1.54) is 13.8 Å². The van der Waals surface area contributed by atoms with Crippen molar-refractivity contribution < 1.29 is 19.7 Å². The summed E-state index contributed by atoms with van der Waals surface area (Å²) >= 11 is 0. The number of rotatable bonds is 4. The lowest BCUT2D eigenvalue weighted by molar-refractivity contribution is -0.162. The van der Waals surface area contributed by atoms with E-state index < -0.39 is 11.6 Å². The van der Waals surface area contributed by atoms with Gasteiger partial charge >= 0.3 is 5.97 Å². The maximum absolute atomic E-state index is 10.3. The van der Waals surface area contributed by atoms with Gasteiger partial charge in [-0.05, 0) is 13.8 Å². The van der Waals surface area contributed by atoms with Gasteiger partial charge in [0.05, 0.1) is 13.2 Å². The molecular weight excluding hydrogens is 136 g/mol. The Hall–Kier alpha value is -0.610. The summed E-state index contributed by atoms with van der Waals surface area (Å²) in [6.45, 7) is 2.77. The van der Waals surface area contributed by atoms with Gasteiger partial charge in [-0.15, -0.1) is 0 Å². The van der Waals surface area contributed by atoms with Gasteiger partial charge in [-0.1, -0.05) is 0 Å². The van der Waals surface area contributed by atoms with Gasteiger partial charge < -0.3 is 14.9 Å². The molecule has 0 aromatic rings. The first kappa shape index (κ1) is 9.39. The minimum absolute atomic E-state index is 0.0549. The SMILES string of the molecule is CC(C)(OCCO)C(=O)O. The van der Waals surface area contributed by atoms with Crippen molar-refractivity contribution in [3.63, 3.8) is 0 Å². The zero-order valence-electron chi connectivity index (χ0n) is 6.13. The zero-order valence-corrected chi connectivity index (χ0v) is 6.13. The van der Waals surface area contributed by atoms with Gasteiger partial charge in [0.2, 0.25) is 0 Å². The summed E-state index contributed by atoms with van der Waals surface area (Å²) in [6, 6.07) is 0. The van der Waals surface area contributed by atoms with E-state index in [1.54, 1.807) is 0 Å². The van der Waals surface area contributed by atoms with Crippen LogP contribution in [0.2, 0.25) is 0 Å². The van der Waals surface area contributed by atoms with E-state index in [2.05, 4.69) is 0 Å². The van der Waals surface area contributed by atoms with E-state index in [4.69, 9.17) is 14.9 Å². The fourth-order valence-electron chi connectivity index (χ4n) is 0.363. The zero-order chi connectivity index (χ0) is 8.20. The van der Waals surface area contributed by atoms with Gasteiger partial charge in [0, 0.05) is 0 Å². The fourth-order valence-corrected chi connectivity index (χ4v) is 0.363. The number of hydrogen-bond donors (Lipinski definition) is 2. The monoisotopic (exact) mass is 148 g/mol. The van der Waals surface area contributed by atoms with Crippen LogP contribution in [0.15, 0.2) is 0 Å². The van der Waals surface area contributed by atoms with Crippen molar-refractivity contribution in [1.82, 2.24) is 0 Å². The Morgan fingerprint density at radius 1 is 1.60 bits per heavy atom. The van der Waals surface area contributed by atoms with E-state index in [-0.39, 0.29) is 13.2 Å². The van der Waals surface area contributed by atoms with Crippen molar-refractivity contribution in [2.24, 2.45) is 0 Å². The summed E-state index contributed by atoms with van der Waals surface area (Å²) in [6.07, 6.45) is 0. The molecule has 0 bridgehead atoms. The summed E-state index contributed by atoms with van der Waals surface area (Å²) in [5, 5.41) is 16.8. The number of aliphatic hydroxyl groups excluding tert-OH is 1. The summed E-state index contributed by atoms with van der Waals surface area (Å²) in [7, 11) is 0. The number of ether oxygens (including phenoxy) is 1. The maximum atomic E-state index is 10.3. The van der Waals surface area contributed by atoms with Crippen LogP contribution in [0.4, 0.5) is 0 Å². The molecular formula is C6H12O4. The molecule has 0 aliphatic heterocycles. The third-order valence-corrected chi connectivity index (χ3v) is 1.07. The van der Waals surface area contributed by atoms with Gasteiger partial charge in [-0.2, -0.15) is 0 Å². The van der Waals surface area contributed by atoms with Crippen molar-refractivity contribution in [3.8, 4) is 0 Å². The minimum atomic E-state index is -1.19. The Labute approximate surface area is 59.4 Å². The second-order valence-electron chi connectivity index (χ2n) is 2.39. The quantitative estimate of drug-likeness (QED) is 0.582. The highest BCUT2D eigenvalue weighted by Gasteiger charge is 2.27. The van der Waals surface area contributed by atoms with Crippen molar-refractivity contribution in [3.05, 3.63) is 0 Å². The maximum Gasteiger partial charge on any atom is 0.335 e. The molecule has 0 aromatic carbocycles. The topological polar surface area (TPSA) is 66.8 Å². The fraction of sp³-hybridized carbons (Fsp3) is 0.833. The number of hydrogen-bond acceptors (Lipinski definition) is 3. The molecule has 10 heavy (non-hydrogen) atoms. The van der Waals surface area contributed by atoms with Crippen LogP contribution < -0.4 is 0 Å². The van der Waals surface area contributed by atoms with Crippen molar-refractivity contribution in [2.45, 2.75) is 19.4 Å². The van der Waals surface area contributed by atoms with Crippen molar-refractivity contribution in [2.75, 3.05) is 13.2 Å². The van der Waals surface area contributed by atoms with Crippen molar-refractivity contribution >= 4 is 5.97 Å². The Morgan fingerprint density at radius 2 is 2.10 bits per heavy atom. The summed E-state index contributed by atoms with van der Waals surface area (Å²) in [4.78, 5) is 10.3. The Balaban J connectivity index is 3.75. The standard InChI is InChI=1S/C6H12O4/c1-6(2,5(8)9)10-4-3-7/h7H,3-4H2,1-2H3,(H,8,9). The molecule has 0 amide bonds. The molecule has 0 unspecified atom stereocenters. The molecule has 0 saturated carbocycles. The van der Waals surface area contributed by atoms with Gasteiger partial charge in [0.15, 0.2) is 5.60 Å².